The zero-order valence-electron chi connectivity index (χ0n) is 7.96. The van der Waals surface area contributed by atoms with Gasteiger partial charge in [0.2, 0.25) is 0 Å². The molecular weight excluding hydrogens is 181 g/mol. The molecule has 0 amide bonds. The van der Waals surface area contributed by atoms with Crippen LogP contribution in [0.1, 0.15) is 24.3 Å². The summed E-state index contributed by atoms with van der Waals surface area (Å²) in [6.45, 7) is 1.91. The van der Waals surface area contributed by atoms with Crippen molar-refractivity contribution in [1.82, 2.24) is 5.32 Å². The summed E-state index contributed by atoms with van der Waals surface area (Å²) in [5, 5.41) is 12.8. The molecule has 1 aliphatic heterocycles. The summed E-state index contributed by atoms with van der Waals surface area (Å²) in [6.07, 6.45) is 2.17. The number of nitrogens with one attached hydrogen (secondary N) is 1. The van der Waals surface area contributed by atoms with E-state index in [0.29, 0.717) is 5.92 Å². The molecular formula is C11H14FNO. The number of benzene rings is 1. The fourth-order valence-corrected chi connectivity index (χ4v) is 1.98. The molecule has 1 aliphatic rings. The Morgan fingerprint density at radius 3 is 2.93 bits per heavy atom. The predicted octanol–water partition coefficient (Wildman–Crippen LogP) is 2.00. The SMILES string of the molecule is Oc1cc(F)ccc1[C@@H]1CCCNC1. The lowest BCUT2D eigenvalue weighted by atomic mass is 9.91. The van der Waals surface area contributed by atoms with Crippen LogP contribution in [0.4, 0.5) is 4.39 Å². The first-order chi connectivity index (χ1) is 6.77. The molecule has 1 aromatic carbocycles. The van der Waals surface area contributed by atoms with Crippen molar-refractivity contribution in [1.29, 1.82) is 0 Å². The van der Waals surface area contributed by atoms with E-state index >= 15 is 0 Å². The van der Waals surface area contributed by atoms with E-state index in [-0.39, 0.29) is 11.6 Å². The van der Waals surface area contributed by atoms with Crippen LogP contribution in [0.25, 0.3) is 0 Å². The Morgan fingerprint density at radius 2 is 2.29 bits per heavy atom. The zero-order chi connectivity index (χ0) is 9.97. The summed E-state index contributed by atoms with van der Waals surface area (Å²) < 4.78 is 12.7. The normalized spacial score (nSPS) is 22.2. The van der Waals surface area contributed by atoms with Gasteiger partial charge in [-0.3, -0.25) is 0 Å². The van der Waals surface area contributed by atoms with Crippen molar-refractivity contribution in [3.05, 3.63) is 29.6 Å². The minimum absolute atomic E-state index is 0.0821. The second kappa shape index (κ2) is 3.96. The standard InChI is InChI=1S/C11H14FNO/c12-9-3-4-10(11(14)6-9)8-2-1-5-13-7-8/h3-4,6,8,13-14H,1-2,5,7H2/t8-/m1/s1. The lowest BCUT2D eigenvalue weighted by Gasteiger charge is -2.23. The zero-order valence-corrected chi connectivity index (χ0v) is 7.96. The molecule has 0 aromatic heterocycles. The van der Waals surface area contributed by atoms with Crippen molar-refractivity contribution in [2.24, 2.45) is 0 Å². The third kappa shape index (κ3) is 1.87. The number of halogens is 1. The van der Waals surface area contributed by atoms with Gasteiger partial charge in [0.1, 0.15) is 11.6 Å². The number of hydrogen-bond donors (Lipinski definition) is 2. The predicted molar refractivity (Wildman–Crippen MR) is 52.9 cm³/mol. The van der Waals surface area contributed by atoms with Gasteiger partial charge in [-0.25, -0.2) is 4.39 Å². The number of aromatic hydroxyl groups is 1. The van der Waals surface area contributed by atoms with E-state index < -0.39 is 0 Å². The molecule has 2 rings (SSSR count). The van der Waals surface area contributed by atoms with Crippen LogP contribution in [0.3, 0.4) is 0 Å². The molecule has 0 unspecified atom stereocenters. The van der Waals surface area contributed by atoms with Crippen LogP contribution in [0.2, 0.25) is 0 Å². The Balaban J connectivity index is 2.22. The van der Waals surface area contributed by atoms with E-state index in [4.69, 9.17) is 0 Å². The largest absolute Gasteiger partial charge is 0.508 e. The smallest absolute Gasteiger partial charge is 0.126 e. The second-order valence-electron chi connectivity index (χ2n) is 3.75. The topological polar surface area (TPSA) is 32.3 Å². The van der Waals surface area contributed by atoms with E-state index in [1.54, 1.807) is 6.07 Å². The Hall–Kier alpha value is -1.09. The number of phenolic OH excluding ortho intramolecular Hbond substituents is 1. The van der Waals surface area contributed by atoms with Crippen LogP contribution in [0.5, 0.6) is 5.75 Å². The first kappa shape index (κ1) is 9.46. The Labute approximate surface area is 82.8 Å². The first-order valence-corrected chi connectivity index (χ1v) is 4.96. The molecule has 1 heterocycles. The van der Waals surface area contributed by atoms with Crippen LogP contribution in [0, 0.1) is 5.82 Å². The third-order valence-electron chi connectivity index (χ3n) is 2.73. The molecule has 1 atom stereocenters. The quantitative estimate of drug-likeness (QED) is 0.718. The first-order valence-electron chi connectivity index (χ1n) is 4.96. The minimum atomic E-state index is -0.380. The van der Waals surface area contributed by atoms with Crippen molar-refractivity contribution >= 4 is 0 Å². The Kier molecular flexibility index (Phi) is 2.68. The fraction of sp³-hybridized carbons (Fsp3) is 0.455. The van der Waals surface area contributed by atoms with Crippen LogP contribution >= 0.6 is 0 Å². The van der Waals surface area contributed by atoms with Crippen LogP contribution in [-0.2, 0) is 0 Å². The Morgan fingerprint density at radius 1 is 1.43 bits per heavy atom. The van der Waals surface area contributed by atoms with E-state index in [9.17, 15) is 9.50 Å². The van der Waals surface area contributed by atoms with Crippen molar-refractivity contribution in [2.75, 3.05) is 13.1 Å². The minimum Gasteiger partial charge on any atom is -0.508 e. The van der Waals surface area contributed by atoms with Crippen molar-refractivity contribution in [3.8, 4) is 5.75 Å². The van der Waals surface area contributed by atoms with Gasteiger partial charge < -0.3 is 10.4 Å². The lowest BCUT2D eigenvalue weighted by Crippen LogP contribution is -2.28. The average Bonchev–Trinajstić information content (AvgIpc) is 2.19. The van der Waals surface area contributed by atoms with Gasteiger partial charge in [-0.2, -0.15) is 0 Å². The highest BCUT2D eigenvalue weighted by atomic mass is 19.1. The van der Waals surface area contributed by atoms with E-state index in [2.05, 4.69) is 5.32 Å². The molecule has 0 aliphatic carbocycles. The average molecular weight is 195 g/mol. The molecule has 0 spiro atoms. The Bertz CT molecular complexity index is 321. The monoisotopic (exact) mass is 195 g/mol. The van der Waals surface area contributed by atoms with Crippen molar-refractivity contribution in [3.63, 3.8) is 0 Å². The highest BCUT2D eigenvalue weighted by molar-refractivity contribution is 5.36. The van der Waals surface area contributed by atoms with Gasteiger partial charge in [-0.15, -0.1) is 0 Å². The van der Waals surface area contributed by atoms with Crippen molar-refractivity contribution < 1.29 is 9.50 Å². The van der Waals surface area contributed by atoms with Gasteiger partial charge in [0, 0.05) is 18.5 Å². The molecule has 0 bridgehead atoms. The molecule has 1 saturated heterocycles. The molecule has 76 valence electrons. The highest BCUT2D eigenvalue weighted by Gasteiger charge is 2.18. The van der Waals surface area contributed by atoms with Gasteiger partial charge in [0.15, 0.2) is 0 Å². The molecule has 3 heteroatoms. The van der Waals surface area contributed by atoms with Crippen LogP contribution < -0.4 is 5.32 Å². The van der Waals surface area contributed by atoms with Gasteiger partial charge >= 0.3 is 0 Å². The fourth-order valence-electron chi connectivity index (χ4n) is 1.98. The number of rotatable bonds is 1. The molecule has 14 heavy (non-hydrogen) atoms. The summed E-state index contributed by atoms with van der Waals surface area (Å²) in [7, 11) is 0. The summed E-state index contributed by atoms with van der Waals surface area (Å²) in [5.41, 5.74) is 0.860. The maximum atomic E-state index is 12.7. The number of piperidine rings is 1. The third-order valence-corrected chi connectivity index (χ3v) is 2.73. The number of hydrogen-bond acceptors (Lipinski definition) is 2. The lowest BCUT2D eigenvalue weighted by molar-refractivity contribution is 0.422. The molecule has 2 N–H and O–H groups in total. The van der Waals surface area contributed by atoms with E-state index in [1.807, 2.05) is 0 Å². The molecule has 0 radical (unpaired) electrons. The maximum Gasteiger partial charge on any atom is 0.126 e. The van der Waals surface area contributed by atoms with E-state index in [1.165, 1.54) is 12.1 Å². The molecule has 1 aromatic rings. The highest BCUT2D eigenvalue weighted by Crippen LogP contribution is 2.30. The maximum absolute atomic E-state index is 12.7. The second-order valence-corrected chi connectivity index (χ2v) is 3.75. The summed E-state index contributed by atoms with van der Waals surface area (Å²) in [4.78, 5) is 0. The molecule has 2 nitrogen and oxygen atoms in total. The summed E-state index contributed by atoms with van der Waals surface area (Å²) in [5.74, 6) is 0.0260. The van der Waals surface area contributed by atoms with Gasteiger partial charge in [0.05, 0.1) is 0 Å². The van der Waals surface area contributed by atoms with E-state index in [0.717, 1.165) is 31.5 Å². The van der Waals surface area contributed by atoms with Gasteiger partial charge in [-0.1, -0.05) is 6.07 Å². The number of phenols is 1. The van der Waals surface area contributed by atoms with Gasteiger partial charge in [-0.05, 0) is 31.0 Å². The summed E-state index contributed by atoms with van der Waals surface area (Å²) in [6, 6.07) is 4.27. The molecule has 0 saturated carbocycles. The van der Waals surface area contributed by atoms with Crippen LogP contribution in [-0.4, -0.2) is 18.2 Å². The van der Waals surface area contributed by atoms with Crippen LogP contribution in [0.15, 0.2) is 18.2 Å². The molecule has 1 fully saturated rings. The summed E-state index contributed by atoms with van der Waals surface area (Å²) >= 11 is 0. The van der Waals surface area contributed by atoms with Crippen molar-refractivity contribution in [2.45, 2.75) is 18.8 Å². The van der Waals surface area contributed by atoms with Gasteiger partial charge in [0.25, 0.3) is 0 Å².